The van der Waals surface area contributed by atoms with E-state index in [1.165, 1.54) is 11.8 Å². The number of imidazole rings is 1. The predicted octanol–water partition coefficient (Wildman–Crippen LogP) is 3.64. The third-order valence-corrected chi connectivity index (χ3v) is 4.93. The molecule has 6 heteroatoms. The van der Waals surface area contributed by atoms with Crippen molar-refractivity contribution in [1.82, 2.24) is 9.55 Å². The van der Waals surface area contributed by atoms with Gasteiger partial charge in [0.05, 0.1) is 35.3 Å². The molecule has 124 valence electrons. The van der Waals surface area contributed by atoms with Gasteiger partial charge in [0.2, 0.25) is 0 Å². The topological polar surface area (TPSA) is 58.3 Å². The number of hydrogen-bond donors (Lipinski definition) is 2. The molecule has 1 aromatic heterocycles. The van der Waals surface area contributed by atoms with Crippen molar-refractivity contribution in [2.24, 2.45) is 0 Å². The molecule has 0 amide bonds. The Balaban J connectivity index is 2.08. The molecule has 0 unspecified atom stereocenters. The average Bonchev–Trinajstić information content (AvgIpc) is 3.04. The van der Waals surface area contributed by atoms with Crippen molar-refractivity contribution in [3.63, 3.8) is 0 Å². The largest absolute Gasteiger partial charge is 0.394 e. The second-order valence-electron chi connectivity index (χ2n) is 5.23. The van der Waals surface area contributed by atoms with Gasteiger partial charge in [0, 0.05) is 11.3 Å². The summed E-state index contributed by atoms with van der Waals surface area (Å²) in [6, 6.07) is 17.5. The van der Waals surface area contributed by atoms with Crippen LogP contribution in [0, 0.1) is 0 Å². The van der Waals surface area contributed by atoms with Crippen molar-refractivity contribution in [2.75, 3.05) is 12.4 Å². The molecule has 4 nitrogen and oxygen atoms in total. The maximum Gasteiger partial charge on any atom is 0.173 e. The molecule has 1 heterocycles. The number of rotatable bonds is 6. The summed E-state index contributed by atoms with van der Waals surface area (Å²) in [5.41, 5.74) is 2.78. The summed E-state index contributed by atoms with van der Waals surface area (Å²) in [7, 11) is 0. The molecule has 2 aromatic carbocycles. The van der Waals surface area contributed by atoms with Gasteiger partial charge in [-0.2, -0.15) is 0 Å². The van der Waals surface area contributed by atoms with Crippen LogP contribution in [0.15, 0.2) is 66.0 Å². The maximum absolute atomic E-state index is 9.63. The van der Waals surface area contributed by atoms with E-state index in [9.17, 15) is 5.11 Å². The van der Waals surface area contributed by atoms with Crippen LogP contribution in [-0.2, 0) is 0 Å². The molecule has 0 bridgehead atoms. The maximum atomic E-state index is 9.63. The van der Waals surface area contributed by atoms with E-state index >= 15 is 0 Å². The van der Waals surface area contributed by atoms with Gasteiger partial charge in [-0.25, -0.2) is 4.98 Å². The molecular formula is C18H17ClN2O2S. The van der Waals surface area contributed by atoms with Gasteiger partial charge in [0.1, 0.15) is 0 Å². The summed E-state index contributed by atoms with van der Waals surface area (Å²) in [4.78, 5) is 4.49. The third kappa shape index (κ3) is 3.65. The molecule has 0 saturated carbocycles. The van der Waals surface area contributed by atoms with Gasteiger partial charge in [-0.1, -0.05) is 65.8 Å². The molecule has 0 aliphatic carbocycles. The van der Waals surface area contributed by atoms with Gasteiger partial charge >= 0.3 is 0 Å². The van der Waals surface area contributed by atoms with Crippen molar-refractivity contribution < 1.29 is 10.2 Å². The third-order valence-electron chi connectivity index (χ3n) is 3.51. The fourth-order valence-electron chi connectivity index (χ4n) is 2.34. The highest BCUT2D eigenvalue weighted by molar-refractivity contribution is 7.99. The Hall–Kier alpha value is -1.79. The Bertz CT molecular complexity index is 808. The van der Waals surface area contributed by atoms with Gasteiger partial charge in [-0.3, -0.25) is 4.57 Å². The molecule has 0 radical (unpaired) electrons. The molecular weight excluding hydrogens is 344 g/mol. The van der Waals surface area contributed by atoms with Crippen LogP contribution in [0.1, 0.15) is 0 Å². The minimum Gasteiger partial charge on any atom is -0.394 e. The van der Waals surface area contributed by atoms with E-state index in [4.69, 9.17) is 16.7 Å². The SMILES string of the molecule is OC[C@@H](O)CSc1ncc(-c2ccccc2)n1-c1ccccc1Cl. The average molecular weight is 361 g/mol. The summed E-state index contributed by atoms with van der Waals surface area (Å²) in [6.45, 7) is -0.272. The van der Waals surface area contributed by atoms with Crippen LogP contribution in [0.2, 0.25) is 5.02 Å². The van der Waals surface area contributed by atoms with Gasteiger partial charge < -0.3 is 10.2 Å². The number of aromatic nitrogens is 2. The quantitative estimate of drug-likeness (QED) is 0.659. The second kappa shape index (κ2) is 7.85. The minimum absolute atomic E-state index is 0.272. The number of hydrogen-bond acceptors (Lipinski definition) is 4. The lowest BCUT2D eigenvalue weighted by atomic mass is 10.1. The minimum atomic E-state index is -0.786. The molecule has 0 saturated heterocycles. The Labute approximate surface area is 149 Å². The van der Waals surface area contributed by atoms with Crippen molar-refractivity contribution in [3.8, 4) is 16.9 Å². The van der Waals surface area contributed by atoms with E-state index in [1.54, 1.807) is 6.20 Å². The fraction of sp³-hybridized carbons (Fsp3) is 0.167. The smallest absolute Gasteiger partial charge is 0.173 e. The van der Waals surface area contributed by atoms with E-state index in [1.807, 2.05) is 59.2 Å². The standard InChI is InChI=1S/C18H17ClN2O2S/c19-15-8-4-5-9-16(15)21-17(13-6-2-1-3-7-13)10-20-18(21)24-12-14(23)11-22/h1-10,14,22-23H,11-12H2/t14-/m1/s1. The second-order valence-corrected chi connectivity index (χ2v) is 6.62. The molecule has 3 rings (SSSR count). The van der Waals surface area contributed by atoms with Crippen molar-refractivity contribution in [1.29, 1.82) is 0 Å². The Morgan fingerprint density at radius 3 is 2.50 bits per heavy atom. The Kier molecular flexibility index (Phi) is 5.58. The van der Waals surface area contributed by atoms with Crippen molar-refractivity contribution >= 4 is 23.4 Å². The summed E-state index contributed by atoms with van der Waals surface area (Å²) in [6.07, 6.45) is 1.01. The molecule has 2 N–H and O–H groups in total. The Morgan fingerprint density at radius 1 is 1.08 bits per heavy atom. The fourth-order valence-corrected chi connectivity index (χ4v) is 3.46. The number of aliphatic hydroxyl groups excluding tert-OH is 2. The zero-order valence-corrected chi connectivity index (χ0v) is 14.4. The highest BCUT2D eigenvalue weighted by Gasteiger charge is 2.17. The number of halogens is 1. The lowest BCUT2D eigenvalue weighted by Gasteiger charge is -2.14. The first-order chi connectivity index (χ1) is 11.7. The highest BCUT2D eigenvalue weighted by atomic mass is 35.5. The van der Waals surface area contributed by atoms with Gasteiger partial charge in [-0.05, 0) is 12.1 Å². The van der Waals surface area contributed by atoms with Crippen LogP contribution < -0.4 is 0 Å². The number of aliphatic hydroxyl groups is 2. The molecule has 24 heavy (non-hydrogen) atoms. The summed E-state index contributed by atoms with van der Waals surface area (Å²) in [5.74, 6) is 0.353. The predicted molar refractivity (Wildman–Crippen MR) is 97.8 cm³/mol. The first kappa shape index (κ1) is 17.0. The molecule has 0 spiro atoms. The van der Waals surface area contributed by atoms with Crippen LogP contribution in [0.25, 0.3) is 16.9 Å². The van der Waals surface area contributed by atoms with Crippen LogP contribution in [0.5, 0.6) is 0 Å². The lowest BCUT2D eigenvalue weighted by Crippen LogP contribution is -2.15. The first-order valence-corrected chi connectivity index (χ1v) is 8.87. The van der Waals surface area contributed by atoms with Crippen LogP contribution in [0.4, 0.5) is 0 Å². The Morgan fingerprint density at radius 2 is 1.79 bits per heavy atom. The normalized spacial score (nSPS) is 12.3. The highest BCUT2D eigenvalue weighted by Crippen LogP contribution is 2.32. The number of para-hydroxylation sites is 1. The van der Waals surface area contributed by atoms with Crippen LogP contribution in [0.3, 0.4) is 0 Å². The molecule has 1 atom stereocenters. The molecule has 0 aliphatic heterocycles. The number of nitrogens with zero attached hydrogens (tertiary/aromatic N) is 2. The first-order valence-electron chi connectivity index (χ1n) is 7.50. The zero-order valence-electron chi connectivity index (χ0n) is 12.8. The van der Waals surface area contributed by atoms with Crippen molar-refractivity contribution in [2.45, 2.75) is 11.3 Å². The van der Waals surface area contributed by atoms with E-state index < -0.39 is 6.10 Å². The van der Waals surface area contributed by atoms with E-state index in [0.29, 0.717) is 10.8 Å². The summed E-state index contributed by atoms with van der Waals surface area (Å²) in [5, 5.41) is 20.0. The number of thioether (sulfide) groups is 1. The monoisotopic (exact) mass is 360 g/mol. The van der Waals surface area contributed by atoms with E-state index in [-0.39, 0.29) is 6.61 Å². The zero-order chi connectivity index (χ0) is 16.9. The lowest BCUT2D eigenvalue weighted by molar-refractivity contribution is 0.113. The van der Waals surface area contributed by atoms with Crippen LogP contribution >= 0.6 is 23.4 Å². The van der Waals surface area contributed by atoms with E-state index in [0.717, 1.165) is 22.1 Å². The number of benzene rings is 2. The van der Waals surface area contributed by atoms with Crippen LogP contribution in [-0.4, -0.2) is 38.2 Å². The molecule has 0 fully saturated rings. The van der Waals surface area contributed by atoms with Gasteiger partial charge in [-0.15, -0.1) is 0 Å². The van der Waals surface area contributed by atoms with Gasteiger partial charge in [0.25, 0.3) is 0 Å². The van der Waals surface area contributed by atoms with E-state index in [2.05, 4.69) is 4.98 Å². The summed E-state index contributed by atoms with van der Waals surface area (Å²) < 4.78 is 1.98. The van der Waals surface area contributed by atoms with Crippen molar-refractivity contribution in [3.05, 3.63) is 65.8 Å². The van der Waals surface area contributed by atoms with Gasteiger partial charge in [0.15, 0.2) is 5.16 Å². The molecule has 3 aromatic rings. The summed E-state index contributed by atoms with van der Waals surface area (Å²) >= 11 is 7.77. The molecule has 0 aliphatic rings.